The zero-order valence-corrected chi connectivity index (χ0v) is 20.9. The van der Waals surface area contributed by atoms with Crippen LogP contribution >= 0.6 is 0 Å². The molecule has 0 aliphatic carbocycles. The Bertz CT molecular complexity index is 348. The van der Waals surface area contributed by atoms with Crippen LogP contribution in [0.15, 0.2) is 12.2 Å². The van der Waals surface area contributed by atoms with E-state index in [0.29, 0.717) is 5.04 Å². The van der Waals surface area contributed by atoms with Gasteiger partial charge in [-0.15, -0.1) is 0 Å². The van der Waals surface area contributed by atoms with Gasteiger partial charge in [0.2, 0.25) is 0 Å². The molecule has 0 heterocycles. The molecule has 0 aliphatic rings. The molecule has 0 unspecified atom stereocenters. The standard InChI is InChI=1S/C25H51OSi/c1-8-9-17-23(2)19-16-20-24(3)18-14-12-10-11-13-15-21-26-22-25(4,5)27(6)7/h14,18,23-24H,8-13,15-17,19-22H2,1-7H3/b18-14+/t23-,24-/m1/s1. The van der Waals surface area contributed by atoms with Crippen molar-refractivity contribution >= 4 is 8.80 Å². The molecule has 0 aromatic heterocycles. The fourth-order valence-corrected chi connectivity index (χ4v) is 3.59. The Morgan fingerprint density at radius 2 is 1.56 bits per heavy atom. The highest BCUT2D eigenvalue weighted by atomic mass is 28.3. The van der Waals surface area contributed by atoms with Gasteiger partial charge in [0.25, 0.3) is 0 Å². The maximum atomic E-state index is 5.91. The van der Waals surface area contributed by atoms with Crippen molar-refractivity contribution in [2.75, 3.05) is 13.2 Å². The zero-order valence-electron chi connectivity index (χ0n) is 19.9. The first-order valence-corrected chi connectivity index (χ1v) is 14.3. The number of hydrogen-bond donors (Lipinski definition) is 0. The minimum absolute atomic E-state index is 0.272. The summed E-state index contributed by atoms with van der Waals surface area (Å²) in [5, 5.41) is 0.402. The third kappa shape index (κ3) is 16.6. The van der Waals surface area contributed by atoms with E-state index in [-0.39, 0.29) is 8.80 Å². The number of hydrogen-bond acceptors (Lipinski definition) is 1. The van der Waals surface area contributed by atoms with Crippen molar-refractivity contribution in [1.82, 2.24) is 0 Å². The van der Waals surface area contributed by atoms with E-state index < -0.39 is 0 Å². The summed E-state index contributed by atoms with van der Waals surface area (Å²) in [6.45, 7) is 18.5. The molecule has 1 nitrogen and oxygen atoms in total. The Morgan fingerprint density at radius 1 is 0.889 bits per heavy atom. The van der Waals surface area contributed by atoms with Gasteiger partial charge in [0.1, 0.15) is 0 Å². The van der Waals surface area contributed by atoms with Crippen LogP contribution in [0.4, 0.5) is 0 Å². The number of rotatable bonds is 18. The van der Waals surface area contributed by atoms with Crippen molar-refractivity contribution in [2.45, 2.75) is 123 Å². The first-order valence-electron chi connectivity index (χ1n) is 11.8. The SMILES string of the molecule is CCCC[C@@H](C)CCC[C@H](C)/C=C/CCCCCCOCC(C)(C)[Si](C)C. The average molecular weight is 396 g/mol. The quantitative estimate of drug-likeness (QED) is 0.128. The van der Waals surface area contributed by atoms with Crippen molar-refractivity contribution in [3.8, 4) is 0 Å². The summed E-state index contributed by atoms with van der Waals surface area (Å²) in [7, 11) is -0.272. The molecule has 0 amide bonds. The fraction of sp³-hybridized carbons (Fsp3) is 0.920. The number of unbranched alkanes of at least 4 members (excludes halogenated alkanes) is 5. The van der Waals surface area contributed by atoms with Crippen LogP contribution < -0.4 is 0 Å². The third-order valence-corrected chi connectivity index (χ3v) is 8.95. The van der Waals surface area contributed by atoms with Crippen LogP contribution in [0.2, 0.25) is 18.1 Å². The monoisotopic (exact) mass is 395 g/mol. The lowest BCUT2D eigenvalue weighted by molar-refractivity contribution is 0.110. The molecule has 0 aromatic rings. The lowest BCUT2D eigenvalue weighted by Gasteiger charge is -2.27. The molecule has 0 aromatic carbocycles. The van der Waals surface area contributed by atoms with Gasteiger partial charge in [-0.25, -0.2) is 0 Å². The smallest absolute Gasteiger partial charge is 0.0503 e. The highest BCUT2D eigenvalue weighted by molar-refractivity contribution is 6.59. The highest BCUT2D eigenvalue weighted by Crippen LogP contribution is 2.28. The maximum Gasteiger partial charge on any atom is 0.0503 e. The first kappa shape index (κ1) is 26.9. The molecule has 27 heavy (non-hydrogen) atoms. The summed E-state index contributed by atoms with van der Waals surface area (Å²) in [6, 6.07) is 0. The summed E-state index contributed by atoms with van der Waals surface area (Å²) >= 11 is 0. The van der Waals surface area contributed by atoms with Gasteiger partial charge in [-0.2, -0.15) is 0 Å². The molecule has 0 fully saturated rings. The fourth-order valence-electron chi connectivity index (χ4n) is 3.20. The molecule has 1 radical (unpaired) electrons. The summed E-state index contributed by atoms with van der Waals surface area (Å²) in [5.74, 6) is 1.67. The van der Waals surface area contributed by atoms with Gasteiger partial charge in [-0.3, -0.25) is 0 Å². The van der Waals surface area contributed by atoms with E-state index in [0.717, 1.165) is 25.0 Å². The van der Waals surface area contributed by atoms with E-state index in [1.807, 2.05) is 0 Å². The van der Waals surface area contributed by atoms with E-state index in [2.05, 4.69) is 59.9 Å². The Morgan fingerprint density at radius 3 is 2.22 bits per heavy atom. The van der Waals surface area contributed by atoms with Gasteiger partial charge in [-0.05, 0) is 42.6 Å². The van der Waals surface area contributed by atoms with Gasteiger partial charge in [0, 0.05) is 13.2 Å². The molecule has 0 saturated carbocycles. The average Bonchev–Trinajstić information content (AvgIpc) is 2.61. The number of allylic oxidation sites excluding steroid dienone is 2. The van der Waals surface area contributed by atoms with Gasteiger partial charge < -0.3 is 4.74 Å². The molecule has 2 atom stereocenters. The minimum atomic E-state index is -0.272. The summed E-state index contributed by atoms with van der Waals surface area (Å²) in [6.07, 6.45) is 19.7. The molecule has 0 spiro atoms. The predicted molar refractivity (Wildman–Crippen MR) is 126 cm³/mol. The first-order chi connectivity index (χ1) is 12.8. The van der Waals surface area contributed by atoms with Crippen molar-refractivity contribution in [1.29, 1.82) is 0 Å². The molecule has 2 heteroatoms. The summed E-state index contributed by atoms with van der Waals surface area (Å²) in [4.78, 5) is 0. The molecule has 0 N–H and O–H groups in total. The van der Waals surface area contributed by atoms with Gasteiger partial charge in [0.15, 0.2) is 0 Å². The van der Waals surface area contributed by atoms with Crippen LogP contribution in [0.3, 0.4) is 0 Å². The molecule has 0 rings (SSSR count). The summed E-state index contributed by atoms with van der Waals surface area (Å²) in [5.41, 5.74) is 0. The Kier molecular flexibility index (Phi) is 16.8. The second kappa shape index (κ2) is 16.8. The maximum absolute atomic E-state index is 5.91. The van der Waals surface area contributed by atoms with E-state index in [1.165, 1.54) is 70.6 Å². The van der Waals surface area contributed by atoms with Crippen LogP contribution in [0.25, 0.3) is 0 Å². The predicted octanol–water partition coefficient (Wildman–Crippen LogP) is 8.68. The second-order valence-corrected chi connectivity index (χ2v) is 13.1. The van der Waals surface area contributed by atoms with E-state index >= 15 is 0 Å². The second-order valence-electron chi connectivity index (χ2n) is 9.72. The normalized spacial score (nSPS) is 15.0. The van der Waals surface area contributed by atoms with Gasteiger partial charge >= 0.3 is 0 Å². The van der Waals surface area contributed by atoms with Crippen molar-refractivity contribution in [2.24, 2.45) is 11.8 Å². The van der Waals surface area contributed by atoms with Crippen LogP contribution in [0, 0.1) is 11.8 Å². The van der Waals surface area contributed by atoms with Crippen LogP contribution in [-0.2, 0) is 4.74 Å². The molecule has 0 bridgehead atoms. The molecular formula is C25H51OSi. The topological polar surface area (TPSA) is 9.23 Å². The lowest BCUT2D eigenvalue weighted by Crippen LogP contribution is -2.26. The van der Waals surface area contributed by atoms with Crippen molar-refractivity contribution in [3.63, 3.8) is 0 Å². The van der Waals surface area contributed by atoms with Gasteiger partial charge in [0.05, 0.1) is 8.80 Å². The molecule has 161 valence electrons. The number of ether oxygens (including phenoxy) is 1. The van der Waals surface area contributed by atoms with Crippen molar-refractivity contribution in [3.05, 3.63) is 12.2 Å². The van der Waals surface area contributed by atoms with E-state index in [1.54, 1.807) is 0 Å². The van der Waals surface area contributed by atoms with Crippen LogP contribution in [0.5, 0.6) is 0 Å². The van der Waals surface area contributed by atoms with Crippen LogP contribution in [-0.4, -0.2) is 22.0 Å². The Balaban J connectivity index is 3.48. The van der Waals surface area contributed by atoms with Crippen molar-refractivity contribution < 1.29 is 4.74 Å². The van der Waals surface area contributed by atoms with Crippen LogP contribution in [0.1, 0.15) is 105 Å². The zero-order chi connectivity index (χ0) is 20.5. The Labute approximate surface area is 174 Å². The molecular weight excluding hydrogens is 344 g/mol. The van der Waals surface area contributed by atoms with E-state index in [4.69, 9.17) is 4.74 Å². The molecule has 0 saturated heterocycles. The molecule has 0 aliphatic heterocycles. The lowest BCUT2D eigenvalue weighted by atomic mass is 9.95. The van der Waals surface area contributed by atoms with E-state index in [9.17, 15) is 0 Å². The van der Waals surface area contributed by atoms with Gasteiger partial charge in [-0.1, -0.05) is 105 Å². The highest BCUT2D eigenvalue weighted by Gasteiger charge is 2.23. The summed E-state index contributed by atoms with van der Waals surface area (Å²) < 4.78 is 5.91. The minimum Gasteiger partial charge on any atom is -0.381 e. The Hall–Kier alpha value is -0.0831. The largest absolute Gasteiger partial charge is 0.381 e. The third-order valence-electron chi connectivity index (χ3n) is 6.10.